The van der Waals surface area contributed by atoms with Gasteiger partial charge in [0.05, 0.1) is 12.2 Å². The van der Waals surface area contributed by atoms with Crippen LogP contribution in [0.4, 0.5) is 0 Å². The van der Waals surface area contributed by atoms with E-state index in [9.17, 15) is 5.11 Å². The van der Waals surface area contributed by atoms with Crippen molar-refractivity contribution >= 4 is 0 Å². The molecule has 1 aliphatic carbocycles. The number of benzene rings is 1. The summed E-state index contributed by atoms with van der Waals surface area (Å²) in [5, 5.41) is 10.1. The normalized spacial score (nSPS) is 37.1. The molecule has 2 aliphatic rings. The zero-order valence-electron chi connectivity index (χ0n) is 10.6. The molecule has 2 fully saturated rings. The third-order valence-electron chi connectivity index (χ3n) is 3.61. The smallest absolute Gasteiger partial charge is 0.163 e. The molecular weight excluding hydrogens is 454 g/mol. The second-order valence-corrected chi connectivity index (χ2v) is 5.31. The monoisotopic (exact) mass is 471 g/mol. The van der Waals surface area contributed by atoms with Gasteiger partial charge in [0.25, 0.3) is 0 Å². The van der Waals surface area contributed by atoms with Crippen LogP contribution in [0.3, 0.4) is 0 Å². The van der Waals surface area contributed by atoms with E-state index < -0.39 is 11.9 Å². The largest absolute Gasteiger partial charge is 0.390 e. The third kappa shape index (κ3) is 2.55. The molecule has 1 heterocycles. The molecule has 18 heavy (non-hydrogen) atoms. The third-order valence-corrected chi connectivity index (χ3v) is 3.61. The summed E-state index contributed by atoms with van der Waals surface area (Å²) in [6, 6.07) is 10.9. The molecule has 4 atom stereocenters. The summed E-state index contributed by atoms with van der Waals surface area (Å²) in [6.45, 7) is 3.79. The van der Waals surface area contributed by atoms with Crippen molar-refractivity contribution in [2.45, 2.75) is 50.3 Å². The first-order valence-corrected chi connectivity index (χ1v) is 6.06. The van der Waals surface area contributed by atoms with Gasteiger partial charge in [-0.3, -0.25) is 0 Å². The molecule has 0 amide bonds. The van der Waals surface area contributed by atoms with Crippen LogP contribution in [-0.4, -0.2) is 29.2 Å². The van der Waals surface area contributed by atoms with Gasteiger partial charge in [-0.25, -0.2) is 0 Å². The molecule has 3 nitrogen and oxygen atoms in total. The molecule has 1 aromatic carbocycles. The zero-order chi connectivity index (χ0) is 12.0. The van der Waals surface area contributed by atoms with Gasteiger partial charge in [0.1, 0.15) is 6.10 Å². The molecule has 1 aliphatic heterocycles. The summed E-state index contributed by atoms with van der Waals surface area (Å²) < 4.78 is 11.7. The Morgan fingerprint density at radius 1 is 1.22 bits per heavy atom. The molecule has 96 valence electrons. The van der Waals surface area contributed by atoms with E-state index in [2.05, 4.69) is 6.07 Å². The fourth-order valence-electron chi connectivity index (χ4n) is 2.93. The molecule has 4 heteroatoms. The molecule has 0 radical (unpaired) electrons. The molecule has 0 spiro atoms. The number of aliphatic hydroxyl groups excluding tert-OH is 1. The number of rotatable bonds is 1. The van der Waals surface area contributed by atoms with Crippen LogP contribution in [0.25, 0.3) is 0 Å². The number of hydrogen-bond acceptors (Lipinski definition) is 3. The second-order valence-electron chi connectivity index (χ2n) is 5.31. The van der Waals surface area contributed by atoms with E-state index in [1.54, 1.807) is 0 Å². The maximum atomic E-state index is 10.1. The minimum absolute atomic E-state index is 0. The van der Waals surface area contributed by atoms with E-state index in [1.807, 2.05) is 38.1 Å². The van der Waals surface area contributed by atoms with E-state index >= 15 is 0 Å². The van der Waals surface area contributed by atoms with Crippen molar-refractivity contribution < 1.29 is 45.7 Å². The van der Waals surface area contributed by atoms with Crippen LogP contribution in [0.1, 0.15) is 31.7 Å². The van der Waals surface area contributed by atoms with Crippen molar-refractivity contribution in [3.8, 4) is 0 Å². The van der Waals surface area contributed by atoms with Crippen LogP contribution in [0.15, 0.2) is 24.3 Å². The Kier molecular flexibility index (Phi) is 4.26. The predicted molar refractivity (Wildman–Crippen MR) is 62.5 cm³/mol. The quantitative estimate of drug-likeness (QED) is 0.636. The average molecular weight is 471 g/mol. The van der Waals surface area contributed by atoms with Crippen molar-refractivity contribution in [3.05, 3.63) is 35.9 Å². The van der Waals surface area contributed by atoms with Gasteiger partial charge in [-0.05, 0) is 26.2 Å². The average Bonchev–Trinajstić information content (AvgIpc) is 2.76. The number of fused-ring (bicyclic) bond motifs is 1. The van der Waals surface area contributed by atoms with Gasteiger partial charge < -0.3 is 14.6 Å². The SMILES string of the molecule is CC1(C)O[C@@H]2[C@H](O1)[C@@H](c1cc[c-]cc1)C[C@@H]2O.[U]. The molecule has 1 saturated carbocycles. The van der Waals surface area contributed by atoms with Crippen molar-refractivity contribution in [2.75, 3.05) is 0 Å². The van der Waals surface area contributed by atoms with E-state index in [0.29, 0.717) is 6.42 Å². The van der Waals surface area contributed by atoms with Crippen molar-refractivity contribution in [1.29, 1.82) is 0 Å². The van der Waals surface area contributed by atoms with Crippen LogP contribution < -0.4 is 0 Å². The van der Waals surface area contributed by atoms with Gasteiger partial charge in [-0.15, -0.1) is 0 Å². The van der Waals surface area contributed by atoms with Crippen LogP contribution in [0.2, 0.25) is 0 Å². The van der Waals surface area contributed by atoms with Crippen molar-refractivity contribution in [3.63, 3.8) is 0 Å². The van der Waals surface area contributed by atoms with Gasteiger partial charge in [-0.2, -0.15) is 35.9 Å². The zero-order valence-corrected chi connectivity index (χ0v) is 14.8. The summed E-state index contributed by atoms with van der Waals surface area (Å²) in [5.74, 6) is -0.373. The summed E-state index contributed by atoms with van der Waals surface area (Å²) in [6.07, 6.45) is 0.0349. The fourth-order valence-corrected chi connectivity index (χ4v) is 2.93. The summed E-state index contributed by atoms with van der Waals surface area (Å²) in [7, 11) is 0. The number of ether oxygens (including phenoxy) is 2. The van der Waals surface area contributed by atoms with Crippen LogP contribution in [0.5, 0.6) is 0 Å². The predicted octanol–water partition coefficient (Wildman–Crippen LogP) is 1.86. The molecule has 3 rings (SSSR count). The van der Waals surface area contributed by atoms with Gasteiger partial charge in [0.15, 0.2) is 5.79 Å². The van der Waals surface area contributed by atoms with E-state index in [1.165, 1.54) is 5.56 Å². The molecule has 0 aromatic heterocycles. The van der Waals surface area contributed by atoms with Crippen LogP contribution >= 0.6 is 0 Å². The Morgan fingerprint density at radius 2 is 1.83 bits per heavy atom. The molecule has 1 aromatic rings. The first-order valence-electron chi connectivity index (χ1n) is 6.06. The minimum Gasteiger partial charge on any atom is -0.390 e. The van der Waals surface area contributed by atoms with Gasteiger partial charge >= 0.3 is 0 Å². The van der Waals surface area contributed by atoms with E-state index in [4.69, 9.17) is 9.47 Å². The second kappa shape index (κ2) is 5.27. The fraction of sp³-hybridized carbons (Fsp3) is 0.571. The van der Waals surface area contributed by atoms with Crippen molar-refractivity contribution in [1.82, 2.24) is 0 Å². The molecule has 1 saturated heterocycles. The number of aliphatic hydroxyl groups is 1. The van der Waals surface area contributed by atoms with Gasteiger partial charge in [0.2, 0.25) is 0 Å². The summed E-state index contributed by atoms with van der Waals surface area (Å²) in [5.41, 5.74) is 1.19. The summed E-state index contributed by atoms with van der Waals surface area (Å²) >= 11 is 0. The molecule has 0 bridgehead atoms. The maximum Gasteiger partial charge on any atom is 0.163 e. The van der Waals surface area contributed by atoms with Gasteiger partial charge in [0, 0.05) is 31.1 Å². The minimum atomic E-state index is -0.587. The van der Waals surface area contributed by atoms with Crippen LogP contribution in [0, 0.1) is 37.2 Å². The van der Waals surface area contributed by atoms with E-state index in [-0.39, 0.29) is 49.2 Å². The molecule has 1 N–H and O–H groups in total. The Balaban J connectivity index is 0.00000120. The standard InChI is InChI=1S/C14H17O3.U/c1-14(2)16-12-10(8-11(15)13(12)17-14)9-6-4-3-5-7-9;/h4-7,10-13,15H,8H2,1-2H3;/q-1;/t10-,11+,12-,13+;/m1./s1. The van der Waals surface area contributed by atoms with E-state index in [0.717, 1.165) is 0 Å². The molecule has 0 unspecified atom stereocenters. The first kappa shape index (κ1) is 14.6. The Hall–Kier alpha value is 0.152. The van der Waals surface area contributed by atoms with Gasteiger partial charge in [-0.1, -0.05) is 0 Å². The van der Waals surface area contributed by atoms with Crippen molar-refractivity contribution in [2.24, 2.45) is 0 Å². The Morgan fingerprint density at radius 3 is 2.50 bits per heavy atom. The number of hydrogen-bond donors (Lipinski definition) is 1. The maximum absolute atomic E-state index is 10.1. The Bertz CT molecular complexity index is 407. The Labute approximate surface area is 131 Å². The first-order chi connectivity index (χ1) is 8.07. The van der Waals surface area contributed by atoms with Crippen LogP contribution in [-0.2, 0) is 9.47 Å². The molecular formula is C14H17O3U-. The topological polar surface area (TPSA) is 38.7 Å². The summed E-state index contributed by atoms with van der Waals surface area (Å²) in [4.78, 5) is 0.